The first kappa shape index (κ1) is 11.4. The van der Waals surface area contributed by atoms with Crippen molar-refractivity contribution in [2.75, 3.05) is 12.4 Å². The van der Waals surface area contributed by atoms with Crippen LogP contribution in [0.25, 0.3) is 10.9 Å². The highest BCUT2D eigenvalue weighted by Gasteiger charge is 2.09. The largest absolute Gasteiger partial charge is 0.363 e. The number of nitrogens with zero attached hydrogens (tertiary/aromatic N) is 4. The predicted molar refractivity (Wildman–Crippen MR) is 73.1 cm³/mol. The van der Waals surface area contributed by atoms with Crippen LogP contribution in [0, 0.1) is 0 Å². The number of fused-ring (bicyclic) bond motifs is 1. The lowest BCUT2D eigenvalue weighted by Crippen LogP contribution is -1.86. The Kier molecular flexibility index (Phi) is 3.07. The van der Waals surface area contributed by atoms with Crippen LogP contribution >= 0.6 is 23.1 Å². The van der Waals surface area contributed by atoms with Gasteiger partial charge in [0.2, 0.25) is 5.13 Å². The van der Waals surface area contributed by atoms with E-state index in [2.05, 4.69) is 25.5 Å². The first-order valence-corrected chi connectivity index (χ1v) is 6.89. The molecular weight excluding hydrogens is 266 g/mol. The number of hydrogen-bond donors (Lipinski definition) is 1. The topological polar surface area (TPSA) is 63.6 Å². The smallest absolute Gasteiger partial charge is 0.206 e. The summed E-state index contributed by atoms with van der Waals surface area (Å²) in [5.74, 6) is 0. The molecule has 2 heterocycles. The van der Waals surface area contributed by atoms with Gasteiger partial charge in [-0.3, -0.25) is 0 Å². The van der Waals surface area contributed by atoms with Crippen LogP contribution in [0.3, 0.4) is 0 Å². The number of para-hydroxylation sites is 1. The molecule has 0 saturated carbocycles. The van der Waals surface area contributed by atoms with Gasteiger partial charge >= 0.3 is 0 Å². The van der Waals surface area contributed by atoms with E-state index in [0.29, 0.717) is 0 Å². The van der Waals surface area contributed by atoms with Crippen LogP contribution < -0.4 is 5.32 Å². The van der Waals surface area contributed by atoms with Crippen molar-refractivity contribution in [1.29, 1.82) is 0 Å². The molecule has 3 rings (SSSR count). The molecule has 3 aromatic rings. The molecule has 2 aromatic heterocycles. The zero-order valence-corrected chi connectivity index (χ0v) is 11.1. The summed E-state index contributed by atoms with van der Waals surface area (Å²) < 4.78 is 0.864. The summed E-state index contributed by atoms with van der Waals surface area (Å²) in [6.07, 6.45) is 1.57. The Hall–Kier alpha value is -1.73. The molecule has 0 saturated heterocycles. The first-order chi connectivity index (χ1) is 8.86. The molecule has 90 valence electrons. The average molecular weight is 275 g/mol. The first-order valence-electron chi connectivity index (χ1n) is 5.25. The van der Waals surface area contributed by atoms with Crippen molar-refractivity contribution >= 4 is 39.1 Å². The standard InChI is InChI=1S/C11H9N5S2/c1-12-10-15-16-11(18-10)17-9-7-4-2-3-5-8(7)13-6-14-9/h2-6H,1H3,(H,12,15). The Bertz CT molecular complexity index is 677. The van der Waals surface area contributed by atoms with Gasteiger partial charge in [-0.05, 0) is 17.8 Å². The van der Waals surface area contributed by atoms with Gasteiger partial charge in [0, 0.05) is 12.4 Å². The van der Waals surface area contributed by atoms with Gasteiger partial charge in [-0.2, -0.15) is 0 Å². The van der Waals surface area contributed by atoms with Gasteiger partial charge in [-0.15, -0.1) is 10.2 Å². The van der Waals surface area contributed by atoms with Crippen molar-refractivity contribution < 1.29 is 0 Å². The summed E-state index contributed by atoms with van der Waals surface area (Å²) in [7, 11) is 1.83. The minimum Gasteiger partial charge on any atom is -0.363 e. The predicted octanol–water partition coefficient (Wildman–Crippen LogP) is 2.67. The summed E-state index contributed by atoms with van der Waals surface area (Å²) in [4.78, 5) is 8.54. The Morgan fingerprint density at radius 3 is 2.89 bits per heavy atom. The fourth-order valence-electron chi connectivity index (χ4n) is 1.50. The third-order valence-electron chi connectivity index (χ3n) is 2.31. The second-order valence-electron chi connectivity index (χ2n) is 3.42. The van der Waals surface area contributed by atoms with Crippen LogP contribution in [-0.4, -0.2) is 27.2 Å². The molecule has 0 unspecified atom stereocenters. The zero-order chi connectivity index (χ0) is 12.4. The van der Waals surface area contributed by atoms with Gasteiger partial charge in [-0.1, -0.05) is 29.5 Å². The maximum Gasteiger partial charge on any atom is 0.206 e. The summed E-state index contributed by atoms with van der Waals surface area (Å²) in [5, 5.41) is 13.8. The van der Waals surface area contributed by atoms with Gasteiger partial charge in [0.25, 0.3) is 0 Å². The Morgan fingerprint density at radius 2 is 2.06 bits per heavy atom. The molecule has 18 heavy (non-hydrogen) atoms. The highest BCUT2D eigenvalue weighted by atomic mass is 32.2. The van der Waals surface area contributed by atoms with E-state index in [1.165, 1.54) is 23.1 Å². The second kappa shape index (κ2) is 4.87. The Labute approximate surface area is 112 Å². The highest BCUT2D eigenvalue weighted by molar-refractivity contribution is 8.01. The van der Waals surface area contributed by atoms with Crippen LogP contribution in [0.5, 0.6) is 0 Å². The van der Waals surface area contributed by atoms with Gasteiger partial charge in [-0.25, -0.2) is 9.97 Å². The number of nitrogens with one attached hydrogen (secondary N) is 1. The lowest BCUT2D eigenvalue weighted by atomic mass is 10.2. The Morgan fingerprint density at radius 1 is 1.17 bits per heavy atom. The van der Waals surface area contributed by atoms with Crippen molar-refractivity contribution in [3.63, 3.8) is 0 Å². The van der Waals surface area contributed by atoms with E-state index in [0.717, 1.165) is 25.4 Å². The molecule has 0 spiro atoms. The van der Waals surface area contributed by atoms with E-state index in [9.17, 15) is 0 Å². The molecule has 0 radical (unpaired) electrons. The number of rotatable bonds is 3. The number of benzene rings is 1. The molecule has 0 amide bonds. The van der Waals surface area contributed by atoms with E-state index in [1.54, 1.807) is 6.33 Å². The molecule has 1 aromatic carbocycles. The fraction of sp³-hybridized carbons (Fsp3) is 0.0909. The monoisotopic (exact) mass is 275 g/mol. The second-order valence-corrected chi connectivity index (χ2v) is 5.63. The minimum absolute atomic E-state index is 0.802. The van der Waals surface area contributed by atoms with E-state index in [-0.39, 0.29) is 0 Å². The van der Waals surface area contributed by atoms with E-state index in [4.69, 9.17) is 0 Å². The molecule has 1 N–H and O–H groups in total. The van der Waals surface area contributed by atoms with Crippen molar-refractivity contribution in [3.8, 4) is 0 Å². The van der Waals surface area contributed by atoms with Crippen LogP contribution in [-0.2, 0) is 0 Å². The maximum atomic E-state index is 4.31. The number of aromatic nitrogens is 4. The maximum absolute atomic E-state index is 4.31. The molecule has 5 nitrogen and oxygen atoms in total. The van der Waals surface area contributed by atoms with Gasteiger partial charge in [0.05, 0.1) is 5.52 Å². The summed E-state index contributed by atoms with van der Waals surface area (Å²) in [6.45, 7) is 0. The van der Waals surface area contributed by atoms with Gasteiger partial charge in [0.15, 0.2) is 4.34 Å². The number of hydrogen-bond acceptors (Lipinski definition) is 7. The van der Waals surface area contributed by atoms with Crippen molar-refractivity contribution in [2.45, 2.75) is 9.37 Å². The molecule has 0 aliphatic rings. The number of anilines is 1. The Balaban J connectivity index is 1.99. The lowest BCUT2D eigenvalue weighted by molar-refractivity contribution is 1.01. The van der Waals surface area contributed by atoms with Crippen LogP contribution in [0.4, 0.5) is 5.13 Å². The molecule has 0 bridgehead atoms. The minimum atomic E-state index is 0.802. The average Bonchev–Trinajstić information content (AvgIpc) is 2.87. The van der Waals surface area contributed by atoms with E-state index >= 15 is 0 Å². The summed E-state index contributed by atoms with van der Waals surface area (Å²) in [5.41, 5.74) is 0.938. The quantitative estimate of drug-likeness (QED) is 0.741. The third-order valence-corrected chi connectivity index (χ3v) is 4.32. The molecule has 7 heteroatoms. The highest BCUT2D eigenvalue weighted by Crippen LogP contribution is 2.33. The molecule has 0 fully saturated rings. The van der Waals surface area contributed by atoms with E-state index in [1.807, 2.05) is 31.3 Å². The third kappa shape index (κ3) is 2.14. The van der Waals surface area contributed by atoms with Crippen molar-refractivity contribution in [1.82, 2.24) is 20.2 Å². The SMILES string of the molecule is CNc1nnc(Sc2ncnc3ccccc23)s1. The molecule has 0 atom stereocenters. The zero-order valence-electron chi connectivity index (χ0n) is 9.49. The van der Waals surface area contributed by atoms with Crippen molar-refractivity contribution in [3.05, 3.63) is 30.6 Å². The normalized spacial score (nSPS) is 10.7. The molecule has 0 aliphatic carbocycles. The van der Waals surface area contributed by atoms with Crippen LogP contribution in [0.1, 0.15) is 0 Å². The summed E-state index contributed by atoms with van der Waals surface area (Å²) >= 11 is 3.01. The molecular formula is C11H9N5S2. The summed E-state index contributed by atoms with van der Waals surface area (Å²) in [6, 6.07) is 7.93. The van der Waals surface area contributed by atoms with Crippen LogP contribution in [0.2, 0.25) is 0 Å². The van der Waals surface area contributed by atoms with Crippen LogP contribution in [0.15, 0.2) is 40.0 Å². The lowest BCUT2D eigenvalue weighted by Gasteiger charge is -2.01. The van der Waals surface area contributed by atoms with Gasteiger partial charge in [0.1, 0.15) is 11.4 Å². The van der Waals surface area contributed by atoms with Gasteiger partial charge < -0.3 is 5.32 Å². The molecule has 0 aliphatic heterocycles. The van der Waals surface area contributed by atoms with E-state index < -0.39 is 0 Å². The fourth-order valence-corrected chi connectivity index (χ4v) is 3.20. The van der Waals surface area contributed by atoms with Crippen molar-refractivity contribution in [2.24, 2.45) is 0 Å².